The number of aliphatic hydroxyl groups is 1. The Bertz CT molecular complexity index is 1640. The number of benzene rings is 2. The number of H-pyrrole nitrogens is 1. The minimum Gasteiger partial charge on any atom is -0.497 e. The van der Waals surface area contributed by atoms with E-state index in [0.717, 1.165) is 33.6 Å². The molecule has 0 bridgehead atoms. The Morgan fingerprint density at radius 3 is 2.74 bits per heavy atom. The first-order valence-electron chi connectivity index (χ1n) is 14.4. The summed E-state index contributed by atoms with van der Waals surface area (Å²) < 4.78 is 26.0. The quantitative estimate of drug-likeness (QED) is 0.204. The molecule has 43 heavy (non-hydrogen) atoms. The van der Waals surface area contributed by atoms with Gasteiger partial charge in [-0.1, -0.05) is 18.2 Å². The third-order valence-electron chi connectivity index (χ3n) is 7.67. The molecule has 228 valence electrons. The van der Waals surface area contributed by atoms with Crippen LogP contribution in [0.4, 0.5) is 0 Å². The number of carbonyl (C=O) groups is 1. The fourth-order valence-corrected chi connectivity index (χ4v) is 5.43. The number of allylic oxidation sites excluding steroid dienone is 1. The second-order valence-electron chi connectivity index (χ2n) is 10.3. The van der Waals surface area contributed by atoms with Gasteiger partial charge in [0.1, 0.15) is 5.75 Å². The van der Waals surface area contributed by atoms with Crippen molar-refractivity contribution in [2.45, 2.75) is 32.0 Å². The van der Waals surface area contributed by atoms with Crippen LogP contribution in [0.1, 0.15) is 29.2 Å². The minimum absolute atomic E-state index is 0.0812. The average Bonchev–Trinajstić information content (AvgIpc) is 3.53. The van der Waals surface area contributed by atoms with E-state index in [9.17, 15) is 9.59 Å². The van der Waals surface area contributed by atoms with Gasteiger partial charge in [0.25, 0.3) is 11.5 Å². The number of rotatable bonds is 13. The molecule has 0 aliphatic carbocycles. The van der Waals surface area contributed by atoms with E-state index in [1.54, 1.807) is 17.9 Å². The first-order valence-corrected chi connectivity index (χ1v) is 14.4. The van der Waals surface area contributed by atoms with Crippen LogP contribution in [-0.4, -0.2) is 71.7 Å². The largest absolute Gasteiger partial charge is 0.497 e. The highest BCUT2D eigenvalue weighted by molar-refractivity contribution is 5.92. The second kappa shape index (κ2) is 13.8. The van der Waals surface area contributed by atoms with Crippen molar-refractivity contribution >= 4 is 16.8 Å². The molecule has 0 fully saturated rings. The molecule has 5 rings (SSSR count). The molecule has 0 saturated carbocycles. The lowest BCUT2D eigenvalue weighted by Crippen LogP contribution is -2.35. The first-order chi connectivity index (χ1) is 20.9. The molecule has 1 amide bonds. The molecule has 2 aromatic heterocycles. The SMILES string of the molecule is COc1ccc2[nH]cc(CCNC(=O)C3=CC(c4c(C)n(C)n(-c5ccccc5)c4=O)CC(OCCOCCO)O3)c2c1. The zero-order valence-electron chi connectivity index (χ0n) is 24.7. The van der Waals surface area contributed by atoms with Crippen LogP contribution in [0.25, 0.3) is 16.6 Å². The van der Waals surface area contributed by atoms with Crippen molar-refractivity contribution in [2.24, 2.45) is 7.05 Å². The van der Waals surface area contributed by atoms with Crippen LogP contribution in [0.15, 0.2) is 71.4 Å². The molecule has 0 spiro atoms. The number of aliphatic hydroxyl groups excluding tert-OH is 1. The molecule has 11 heteroatoms. The fraction of sp³-hybridized carbons (Fsp3) is 0.375. The van der Waals surface area contributed by atoms with E-state index in [-0.39, 0.29) is 43.7 Å². The molecule has 2 unspecified atom stereocenters. The Kier molecular flexibility index (Phi) is 9.65. The number of fused-ring (bicyclic) bond motifs is 1. The van der Waals surface area contributed by atoms with Crippen molar-refractivity contribution in [3.05, 3.63) is 93.7 Å². The molecule has 0 radical (unpaired) electrons. The Morgan fingerprint density at radius 1 is 1.16 bits per heavy atom. The number of nitrogens with zero attached hydrogens (tertiary/aromatic N) is 2. The number of para-hydroxylation sites is 1. The van der Waals surface area contributed by atoms with Crippen LogP contribution in [0, 0.1) is 6.92 Å². The highest BCUT2D eigenvalue weighted by Gasteiger charge is 2.33. The van der Waals surface area contributed by atoms with Gasteiger partial charge in [-0.25, -0.2) is 4.68 Å². The van der Waals surface area contributed by atoms with Gasteiger partial charge in [0, 0.05) is 54.3 Å². The van der Waals surface area contributed by atoms with Gasteiger partial charge in [0.2, 0.25) is 6.29 Å². The Labute approximate surface area is 249 Å². The summed E-state index contributed by atoms with van der Waals surface area (Å²) >= 11 is 0. The van der Waals surface area contributed by atoms with Gasteiger partial charge in [0.15, 0.2) is 5.76 Å². The van der Waals surface area contributed by atoms with Crippen molar-refractivity contribution in [2.75, 3.05) is 40.1 Å². The highest BCUT2D eigenvalue weighted by Crippen LogP contribution is 2.32. The predicted octanol–water partition coefficient (Wildman–Crippen LogP) is 3.07. The van der Waals surface area contributed by atoms with E-state index in [1.165, 1.54) is 0 Å². The summed E-state index contributed by atoms with van der Waals surface area (Å²) in [6, 6.07) is 15.3. The molecule has 1 aliphatic heterocycles. The van der Waals surface area contributed by atoms with Gasteiger partial charge >= 0.3 is 0 Å². The average molecular weight is 591 g/mol. The number of aromatic amines is 1. The molecule has 3 heterocycles. The van der Waals surface area contributed by atoms with Crippen LogP contribution in [0.5, 0.6) is 5.75 Å². The molecule has 1 aliphatic rings. The molecular formula is C32H38N4O7. The number of methoxy groups -OCH3 is 1. The highest BCUT2D eigenvalue weighted by atomic mass is 16.7. The number of ether oxygens (including phenoxy) is 4. The lowest BCUT2D eigenvalue weighted by atomic mass is 9.93. The van der Waals surface area contributed by atoms with Crippen molar-refractivity contribution in [3.8, 4) is 11.4 Å². The van der Waals surface area contributed by atoms with Crippen LogP contribution >= 0.6 is 0 Å². The molecule has 2 atom stereocenters. The number of nitrogens with one attached hydrogen (secondary N) is 2. The van der Waals surface area contributed by atoms with Gasteiger partial charge in [-0.2, -0.15) is 0 Å². The first kappa shape index (κ1) is 30.1. The van der Waals surface area contributed by atoms with E-state index in [2.05, 4.69) is 10.3 Å². The van der Waals surface area contributed by atoms with Crippen LogP contribution < -0.4 is 15.6 Å². The van der Waals surface area contributed by atoms with Gasteiger partial charge in [-0.3, -0.25) is 14.3 Å². The topological polar surface area (TPSA) is 129 Å². The fourth-order valence-electron chi connectivity index (χ4n) is 5.43. The van der Waals surface area contributed by atoms with Crippen LogP contribution in [-0.2, 0) is 32.5 Å². The summed E-state index contributed by atoms with van der Waals surface area (Å²) in [6.45, 7) is 2.86. The Balaban J connectivity index is 1.35. The maximum Gasteiger partial charge on any atom is 0.286 e. The number of amides is 1. The van der Waals surface area contributed by atoms with Crippen molar-refractivity contribution in [3.63, 3.8) is 0 Å². The molecule has 4 aromatic rings. The molecule has 3 N–H and O–H groups in total. The maximum atomic E-state index is 13.8. The number of carbonyl (C=O) groups excluding carboxylic acids is 1. The summed E-state index contributed by atoms with van der Waals surface area (Å²) in [5.41, 5.74) is 4.01. The van der Waals surface area contributed by atoms with Gasteiger partial charge < -0.3 is 34.4 Å². The van der Waals surface area contributed by atoms with Crippen molar-refractivity contribution in [1.82, 2.24) is 19.7 Å². The molecular weight excluding hydrogens is 552 g/mol. The number of hydrogen-bond donors (Lipinski definition) is 3. The van der Waals surface area contributed by atoms with Gasteiger partial charge in [-0.05, 0) is 55.3 Å². The smallest absolute Gasteiger partial charge is 0.286 e. The van der Waals surface area contributed by atoms with E-state index >= 15 is 0 Å². The van der Waals surface area contributed by atoms with Gasteiger partial charge in [-0.15, -0.1) is 0 Å². The summed E-state index contributed by atoms with van der Waals surface area (Å²) in [4.78, 5) is 30.4. The summed E-state index contributed by atoms with van der Waals surface area (Å²) in [5.74, 6) is 0.0680. The lowest BCUT2D eigenvalue weighted by Gasteiger charge is -2.29. The van der Waals surface area contributed by atoms with Crippen molar-refractivity contribution < 1.29 is 28.8 Å². The van der Waals surface area contributed by atoms with Crippen LogP contribution in [0.2, 0.25) is 0 Å². The van der Waals surface area contributed by atoms with Gasteiger partial charge in [0.05, 0.1) is 39.2 Å². The Morgan fingerprint density at radius 2 is 1.98 bits per heavy atom. The third-order valence-corrected chi connectivity index (χ3v) is 7.67. The van der Waals surface area contributed by atoms with Crippen molar-refractivity contribution in [1.29, 1.82) is 0 Å². The number of aromatic nitrogens is 3. The third kappa shape index (κ3) is 6.69. The second-order valence-corrected chi connectivity index (χ2v) is 10.3. The number of hydrogen-bond acceptors (Lipinski definition) is 7. The van der Waals surface area contributed by atoms with E-state index in [4.69, 9.17) is 24.1 Å². The van der Waals surface area contributed by atoms with Crippen LogP contribution in [0.3, 0.4) is 0 Å². The zero-order chi connectivity index (χ0) is 30.3. The monoisotopic (exact) mass is 590 g/mol. The molecule has 11 nitrogen and oxygen atoms in total. The summed E-state index contributed by atoms with van der Waals surface area (Å²) in [6.07, 6.45) is 3.83. The normalized spacial score (nSPS) is 16.6. The standard InChI is InChI=1S/C32H38N4O7/c1-21-30(32(39)36(35(21)2)24-7-5-4-6-8-24)23-17-28(43-29(18-23)42-16-15-41-14-13-37)31(38)33-12-11-22-20-34-27-10-9-25(40-3)19-26(22)27/h4-10,17,19-20,23,29,34,37H,11-16,18H2,1-3H3,(H,33,38). The van der Waals surface area contributed by atoms with E-state index < -0.39 is 12.2 Å². The molecule has 0 saturated heterocycles. The zero-order valence-corrected chi connectivity index (χ0v) is 24.7. The lowest BCUT2D eigenvalue weighted by molar-refractivity contribution is -0.151. The summed E-state index contributed by atoms with van der Waals surface area (Å²) in [5, 5.41) is 12.9. The van der Waals surface area contributed by atoms with E-state index in [1.807, 2.05) is 73.4 Å². The Hall–Kier alpha value is -4.32. The molecule has 2 aromatic carbocycles. The summed E-state index contributed by atoms with van der Waals surface area (Å²) in [7, 11) is 3.47. The predicted molar refractivity (Wildman–Crippen MR) is 161 cm³/mol. The maximum absolute atomic E-state index is 13.8. The van der Waals surface area contributed by atoms with E-state index in [0.29, 0.717) is 24.9 Å². The minimum atomic E-state index is -0.765.